The molecule has 0 aromatic carbocycles. The van der Waals surface area contributed by atoms with E-state index in [-0.39, 0.29) is 0 Å². The predicted molar refractivity (Wildman–Crippen MR) is 73.7 cm³/mol. The lowest BCUT2D eigenvalue weighted by molar-refractivity contribution is 0.313. The number of oxazole rings is 1. The van der Waals surface area contributed by atoms with Gasteiger partial charge >= 0.3 is 0 Å². The molecule has 1 aromatic heterocycles. The minimum Gasteiger partial charge on any atom is -0.432 e. The lowest BCUT2D eigenvalue weighted by atomic mass is 9.85. The molecule has 1 aliphatic carbocycles. The third-order valence-electron chi connectivity index (χ3n) is 3.59. The van der Waals surface area contributed by atoms with Gasteiger partial charge in [-0.15, -0.1) is 0 Å². The Balaban J connectivity index is 1.89. The van der Waals surface area contributed by atoms with Crippen molar-refractivity contribution in [2.75, 3.05) is 18.0 Å². The van der Waals surface area contributed by atoms with Crippen LogP contribution in [0.5, 0.6) is 0 Å². The van der Waals surface area contributed by atoms with Crippen LogP contribution in [0.15, 0.2) is 10.7 Å². The maximum absolute atomic E-state index is 5.59. The second kappa shape index (κ2) is 6.23. The van der Waals surface area contributed by atoms with Gasteiger partial charge in [-0.1, -0.05) is 20.3 Å². The van der Waals surface area contributed by atoms with Gasteiger partial charge in [0.1, 0.15) is 6.26 Å². The highest BCUT2D eigenvalue weighted by molar-refractivity contribution is 5.27. The summed E-state index contributed by atoms with van der Waals surface area (Å²) in [6.07, 6.45) is 5.88. The number of nitrogens with zero attached hydrogens (tertiary/aromatic N) is 2. The molecular weight excluding hydrogens is 226 g/mol. The molecule has 1 aliphatic rings. The molecule has 1 aromatic rings. The van der Waals surface area contributed by atoms with Crippen LogP contribution in [0, 0.1) is 5.92 Å². The molecule has 1 saturated carbocycles. The maximum Gasteiger partial charge on any atom is 0.297 e. The molecule has 1 heterocycles. The first-order valence-electron chi connectivity index (χ1n) is 7.11. The average molecular weight is 251 g/mol. The highest BCUT2D eigenvalue weighted by Crippen LogP contribution is 2.28. The van der Waals surface area contributed by atoms with Crippen molar-refractivity contribution < 1.29 is 4.42 Å². The molecule has 0 radical (unpaired) electrons. The van der Waals surface area contributed by atoms with Crippen molar-refractivity contribution in [1.82, 2.24) is 10.3 Å². The van der Waals surface area contributed by atoms with Crippen molar-refractivity contribution in [1.29, 1.82) is 0 Å². The molecule has 2 rings (SSSR count). The SMILES string of the molecule is CCN(CC1CCC1)c1nc(CNC(C)C)co1. The lowest BCUT2D eigenvalue weighted by Crippen LogP contribution is -2.32. The highest BCUT2D eigenvalue weighted by atomic mass is 16.4. The third-order valence-corrected chi connectivity index (χ3v) is 3.59. The zero-order valence-corrected chi connectivity index (χ0v) is 11.8. The molecule has 0 saturated heterocycles. The van der Waals surface area contributed by atoms with E-state index in [1.54, 1.807) is 6.26 Å². The number of nitrogens with one attached hydrogen (secondary N) is 1. The molecule has 1 N–H and O–H groups in total. The van der Waals surface area contributed by atoms with Crippen LogP contribution in [-0.4, -0.2) is 24.1 Å². The van der Waals surface area contributed by atoms with Crippen molar-refractivity contribution in [2.24, 2.45) is 5.92 Å². The zero-order chi connectivity index (χ0) is 13.0. The summed E-state index contributed by atoms with van der Waals surface area (Å²) in [6.45, 7) is 9.27. The van der Waals surface area contributed by atoms with Crippen LogP contribution in [0.2, 0.25) is 0 Å². The smallest absolute Gasteiger partial charge is 0.297 e. The Bertz CT molecular complexity index is 358. The fourth-order valence-electron chi connectivity index (χ4n) is 2.16. The van der Waals surface area contributed by atoms with Crippen molar-refractivity contribution in [3.63, 3.8) is 0 Å². The minimum atomic E-state index is 0.474. The van der Waals surface area contributed by atoms with Gasteiger partial charge in [0.2, 0.25) is 0 Å². The normalized spacial score (nSPS) is 16.0. The summed E-state index contributed by atoms with van der Waals surface area (Å²) in [6, 6.07) is 1.26. The van der Waals surface area contributed by atoms with E-state index in [1.165, 1.54) is 19.3 Å². The van der Waals surface area contributed by atoms with Crippen molar-refractivity contribution in [3.8, 4) is 0 Å². The predicted octanol–water partition coefficient (Wildman–Crippen LogP) is 2.80. The van der Waals surface area contributed by atoms with E-state index >= 15 is 0 Å². The van der Waals surface area contributed by atoms with E-state index in [2.05, 4.69) is 36.0 Å². The number of anilines is 1. The molecule has 18 heavy (non-hydrogen) atoms. The molecule has 0 amide bonds. The fourth-order valence-corrected chi connectivity index (χ4v) is 2.16. The van der Waals surface area contributed by atoms with Gasteiger partial charge < -0.3 is 14.6 Å². The first-order valence-corrected chi connectivity index (χ1v) is 7.11. The number of hydrogen-bond acceptors (Lipinski definition) is 4. The Morgan fingerprint density at radius 1 is 1.50 bits per heavy atom. The summed E-state index contributed by atoms with van der Waals surface area (Å²) in [5.74, 6) is 0.842. The van der Waals surface area contributed by atoms with Gasteiger partial charge in [-0.3, -0.25) is 0 Å². The summed E-state index contributed by atoms with van der Waals surface area (Å²) in [7, 11) is 0. The molecule has 4 heteroatoms. The molecule has 102 valence electrons. The van der Waals surface area contributed by atoms with E-state index < -0.39 is 0 Å². The third kappa shape index (κ3) is 3.48. The fraction of sp³-hybridized carbons (Fsp3) is 0.786. The molecule has 0 spiro atoms. The van der Waals surface area contributed by atoms with E-state index in [0.717, 1.165) is 37.3 Å². The number of aromatic nitrogens is 1. The summed E-state index contributed by atoms with van der Waals surface area (Å²) < 4.78 is 5.59. The van der Waals surface area contributed by atoms with Crippen molar-refractivity contribution in [2.45, 2.75) is 52.6 Å². The van der Waals surface area contributed by atoms with Crippen LogP contribution in [-0.2, 0) is 6.54 Å². The Labute approximate surface area is 110 Å². The minimum absolute atomic E-state index is 0.474. The monoisotopic (exact) mass is 251 g/mol. The molecular formula is C14H25N3O. The van der Waals surface area contributed by atoms with Crippen LogP contribution in [0.3, 0.4) is 0 Å². The summed E-state index contributed by atoms with van der Waals surface area (Å²) >= 11 is 0. The number of hydrogen-bond donors (Lipinski definition) is 1. The summed E-state index contributed by atoms with van der Waals surface area (Å²) in [5.41, 5.74) is 0.991. The van der Waals surface area contributed by atoms with E-state index in [4.69, 9.17) is 4.42 Å². The standard InChI is InChI=1S/C14H25N3O/c1-4-17(9-12-6-5-7-12)14-16-13(10-18-14)8-15-11(2)3/h10-12,15H,4-9H2,1-3H3. The van der Waals surface area contributed by atoms with Gasteiger partial charge in [0, 0.05) is 25.7 Å². The Morgan fingerprint density at radius 2 is 2.28 bits per heavy atom. The Morgan fingerprint density at radius 3 is 2.83 bits per heavy atom. The lowest BCUT2D eigenvalue weighted by Gasteiger charge is -2.30. The molecule has 0 unspecified atom stereocenters. The van der Waals surface area contributed by atoms with Gasteiger partial charge in [-0.25, -0.2) is 0 Å². The summed E-state index contributed by atoms with van der Waals surface area (Å²) in [4.78, 5) is 6.81. The van der Waals surface area contributed by atoms with Gasteiger partial charge in [-0.05, 0) is 25.7 Å². The first kappa shape index (κ1) is 13.4. The van der Waals surface area contributed by atoms with Crippen molar-refractivity contribution in [3.05, 3.63) is 12.0 Å². The highest BCUT2D eigenvalue weighted by Gasteiger charge is 2.22. The van der Waals surface area contributed by atoms with Gasteiger partial charge in [-0.2, -0.15) is 4.98 Å². The largest absolute Gasteiger partial charge is 0.432 e. The topological polar surface area (TPSA) is 41.3 Å². The first-order chi connectivity index (χ1) is 8.69. The Hall–Kier alpha value is -1.03. The zero-order valence-electron chi connectivity index (χ0n) is 11.8. The van der Waals surface area contributed by atoms with Crippen LogP contribution in [0.4, 0.5) is 6.01 Å². The van der Waals surface area contributed by atoms with Gasteiger partial charge in [0.05, 0.1) is 5.69 Å². The molecule has 0 atom stereocenters. The van der Waals surface area contributed by atoms with Gasteiger partial charge in [0.25, 0.3) is 6.01 Å². The molecule has 0 aliphatic heterocycles. The van der Waals surface area contributed by atoms with E-state index in [1.807, 2.05) is 0 Å². The molecule has 1 fully saturated rings. The van der Waals surface area contributed by atoms with Crippen LogP contribution < -0.4 is 10.2 Å². The summed E-state index contributed by atoms with van der Waals surface area (Å²) in [5, 5.41) is 3.35. The van der Waals surface area contributed by atoms with E-state index in [9.17, 15) is 0 Å². The maximum atomic E-state index is 5.59. The van der Waals surface area contributed by atoms with E-state index in [0.29, 0.717) is 6.04 Å². The van der Waals surface area contributed by atoms with Crippen molar-refractivity contribution >= 4 is 6.01 Å². The number of rotatable bonds is 7. The molecule has 0 bridgehead atoms. The van der Waals surface area contributed by atoms with Gasteiger partial charge in [0.15, 0.2) is 0 Å². The van der Waals surface area contributed by atoms with Crippen LogP contribution in [0.25, 0.3) is 0 Å². The van der Waals surface area contributed by atoms with Crippen LogP contribution >= 0.6 is 0 Å². The quantitative estimate of drug-likeness (QED) is 0.809. The average Bonchev–Trinajstić information content (AvgIpc) is 2.74. The second-order valence-electron chi connectivity index (χ2n) is 5.49. The second-order valence-corrected chi connectivity index (χ2v) is 5.49. The Kier molecular flexibility index (Phi) is 4.64. The van der Waals surface area contributed by atoms with Crippen LogP contribution in [0.1, 0.15) is 45.7 Å². The molecule has 4 nitrogen and oxygen atoms in total.